The van der Waals surface area contributed by atoms with Crippen molar-refractivity contribution in [3.63, 3.8) is 0 Å². The first-order valence-electron chi connectivity index (χ1n) is 6.68. The van der Waals surface area contributed by atoms with Gasteiger partial charge in [0.2, 0.25) is 0 Å². The Morgan fingerprint density at radius 3 is 2.70 bits per heavy atom. The smallest absolute Gasteiger partial charge is 0.186 e. The molecule has 0 unspecified atom stereocenters. The zero-order valence-corrected chi connectivity index (χ0v) is 12.2. The molecule has 1 fully saturated rings. The summed E-state index contributed by atoms with van der Waals surface area (Å²) in [4.78, 5) is 4.26. The third-order valence-corrected chi connectivity index (χ3v) is 3.52. The Morgan fingerprint density at radius 1 is 1.25 bits per heavy atom. The fourth-order valence-corrected chi connectivity index (χ4v) is 2.47. The van der Waals surface area contributed by atoms with E-state index in [1.54, 1.807) is 6.92 Å². The van der Waals surface area contributed by atoms with Crippen molar-refractivity contribution in [1.29, 1.82) is 0 Å². The molecule has 0 atom stereocenters. The second-order valence-electron chi connectivity index (χ2n) is 4.92. The Morgan fingerprint density at radius 2 is 1.95 bits per heavy atom. The zero-order valence-electron chi connectivity index (χ0n) is 11.4. The van der Waals surface area contributed by atoms with Crippen molar-refractivity contribution in [1.82, 2.24) is 10.3 Å². The minimum atomic E-state index is -0.336. The molecule has 0 aliphatic carbocycles. The molecule has 1 N–H and O–H groups in total. The number of para-hydroxylation sites is 1. The molecular formula is C15H18ClFN2O. The van der Waals surface area contributed by atoms with E-state index in [9.17, 15) is 4.39 Å². The Kier molecular flexibility index (Phi) is 4.78. The monoisotopic (exact) mass is 296 g/mol. The largest absolute Gasteiger partial charge is 0.486 e. The van der Waals surface area contributed by atoms with Gasteiger partial charge in [-0.25, -0.2) is 9.37 Å². The molecule has 1 aromatic heterocycles. The highest BCUT2D eigenvalue weighted by Crippen LogP contribution is 2.31. The summed E-state index contributed by atoms with van der Waals surface area (Å²) >= 11 is 0. The van der Waals surface area contributed by atoms with E-state index in [0.29, 0.717) is 11.4 Å². The number of halogens is 2. The Bertz CT molecular complexity index is 600. The molecule has 3 nitrogen and oxygen atoms in total. The van der Waals surface area contributed by atoms with E-state index < -0.39 is 0 Å². The molecule has 1 aliphatic rings. The van der Waals surface area contributed by atoms with Crippen molar-refractivity contribution in [3.05, 3.63) is 35.8 Å². The molecule has 2 aromatic rings. The van der Waals surface area contributed by atoms with Gasteiger partial charge in [0.25, 0.3) is 0 Å². The number of nitrogens with zero attached hydrogens (tertiary/aromatic N) is 1. The lowest BCUT2D eigenvalue weighted by Gasteiger charge is -2.24. The van der Waals surface area contributed by atoms with Gasteiger partial charge in [-0.1, -0.05) is 12.1 Å². The quantitative estimate of drug-likeness (QED) is 0.924. The summed E-state index contributed by atoms with van der Waals surface area (Å²) in [6, 6.07) is 7.54. The van der Waals surface area contributed by atoms with Crippen LogP contribution in [0, 0.1) is 12.7 Å². The van der Waals surface area contributed by atoms with Crippen molar-refractivity contribution < 1.29 is 9.13 Å². The molecule has 0 bridgehead atoms. The number of benzene rings is 1. The Balaban J connectivity index is 0.00000147. The number of hydrogen-bond donors (Lipinski definition) is 1. The van der Waals surface area contributed by atoms with Crippen molar-refractivity contribution >= 4 is 23.3 Å². The van der Waals surface area contributed by atoms with Crippen molar-refractivity contribution in [2.75, 3.05) is 13.1 Å². The summed E-state index contributed by atoms with van der Waals surface area (Å²) in [5.74, 6) is 0.0206. The fourth-order valence-electron chi connectivity index (χ4n) is 2.47. The third-order valence-electron chi connectivity index (χ3n) is 3.52. The molecule has 0 radical (unpaired) electrons. The van der Waals surface area contributed by atoms with Gasteiger partial charge in [-0.05, 0) is 45.0 Å². The van der Waals surface area contributed by atoms with Crippen LogP contribution in [0.4, 0.5) is 4.39 Å². The molecule has 0 spiro atoms. The third kappa shape index (κ3) is 2.86. The highest BCUT2D eigenvalue weighted by molar-refractivity contribution is 5.85. The van der Waals surface area contributed by atoms with Crippen LogP contribution in [-0.4, -0.2) is 24.2 Å². The first-order valence-corrected chi connectivity index (χ1v) is 6.68. The molecule has 0 saturated carbocycles. The van der Waals surface area contributed by atoms with Gasteiger partial charge in [0.05, 0.1) is 11.2 Å². The fraction of sp³-hybridized carbons (Fsp3) is 0.400. The maximum Gasteiger partial charge on any atom is 0.186 e. The number of piperidine rings is 1. The predicted octanol–water partition coefficient (Wildman–Crippen LogP) is 3.23. The summed E-state index contributed by atoms with van der Waals surface area (Å²) in [6.45, 7) is 3.53. The number of pyridine rings is 1. The van der Waals surface area contributed by atoms with Crippen LogP contribution < -0.4 is 10.1 Å². The van der Waals surface area contributed by atoms with E-state index >= 15 is 0 Å². The molecule has 1 aromatic carbocycles. The number of nitrogens with one attached hydrogen (secondary N) is 1. The average Bonchev–Trinajstić information content (AvgIpc) is 2.45. The number of ether oxygens (including phenoxy) is 1. The minimum absolute atomic E-state index is 0. The molecule has 0 amide bonds. The predicted molar refractivity (Wildman–Crippen MR) is 80.2 cm³/mol. The number of fused-ring (bicyclic) bond motifs is 1. The molecular weight excluding hydrogens is 279 g/mol. The van der Waals surface area contributed by atoms with Crippen LogP contribution in [0.2, 0.25) is 0 Å². The highest BCUT2D eigenvalue weighted by atomic mass is 35.5. The van der Waals surface area contributed by atoms with Crippen LogP contribution in [0.5, 0.6) is 5.75 Å². The second-order valence-corrected chi connectivity index (χ2v) is 4.92. The number of aromatic nitrogens is 1. The van der Waals surface area contributed by atoms with Crippen LogP contribution in [0.15, 0.2) is 24.3 Å². The van der Waals surface area contributed by atoms with E-state index in [2.05, 4.69) is 10.3 Å². The summed E-state index contributed by atoms with van der Waals surface area (Å²) in [5.41, 5.74) is 1.17. The molecule has 5 heteroatoms. The van der Waals surface area contributed by atoms with Crippen LogP contribution in [0.3, 0.4) is 0 Å². The summed E-state index contributed by atoms with van der Waals surface area (Å²) < 4.78 is 20.2. The van der Waals surface area contributed by atoms with Crippen molar-refractivity contribution in [3.8, 4) is 5.75 Å². The lowest BCUT2D eigenvalue weighted by Crippen LogP contribution is -2.34. The Labute approximate surface area is 123 Å². The zero-order chi connectivity index (χ0) is 13.2. The van der Waals surface area contributed by atoms with Crippen molar-refractivity contribution in [2.45, 2.75) is 25.9 Å². The first-order chi connectivity index (χ1) is 9.25. The van der Waals surface area contributed by atoms with Gasteiger partial charge in [-0.3, -0.25) is 0 Å². The lowest BCUT2D eigenvalue weighted by atomic mass is 10.1. The molecule has 108 valence electrons. The van der Waals surface area contributed by atoms with E-state index in [4.69, 9.17) is 4.74 Å². The van der Waals surface area contributed by atoms with Gasteiger partial charge in [-0.2, -0.15) is 0 Å². The van der Waals surface area contributed by atoms with Crippen LogP contribution >= 0.6 is 12.4 Å². The molecule has 3 rings (SSSR count). The van der Waals surface area contributed by atoms with Gasteiger partial charge in [0.15, 0.2) is 11.6 Å². The van der Waals surface area contributed by atoms with Gasteiger partial charge >= 0.3 is 0 Å². The van der Waals surface area contributed by atoms with Gasteiger partial charge in [0, 0.05) is 5.39 Å². The minimum Gasteiger partial charge on any atom is -0.486 e. The van der Waals surface area contributed by atoms with Gasteiger partial charge in [-0.15, -0.1) is 12.4 Å². The highest BCUT2D eigenvalue weighted by Gasteiger charge is 2.20. The topological polar surface area (TPSA) is 34.1 Å². The van der Waals surface area contributed by atoms with E-state index in [1.807, 2.05) is 24.3 Å². The molecule has 2 heterocycles. The summed E-state index contributed by atoms with van der Waals surface area (Å²) in [5, 5.41) is 4.03. The lowest BCUT2D eigenvalue weighted by molar-refractivity contribution is 0.158. The van der Waals surface area contributed by atoms with Crippen LogP contribution in [0.25, 0.3) is 10.9 Å². The van der Waals surface area contributed by atoms with E-state index in [0.717, 1.165) is 36.8 Å². The van der Waals surface area contributed by atoms with Gasteiger partial charge in [0.1, 0.15) is 6.10 Å². The summed E-state index contributed by atoms with van der Waals surface area (Å²) in [6.07, 6.45) is 1.91. The number of rotatable bonds is 2. The molecule has 1 aliphatic heterocycles. The average molecular weight is 297 g/mol. The number of hydrogen-bond acceptors (Lipinski definition) is 3. The molecule has 20 heavy (non-hydrogen) atoms. The first kappa shape index (κ1) is 15.0. The van der Waals surface area contributed by atoms with Gasteiger partial charge < -0.3 is 10.1 Å². The van der Waals surface area contributed by atoms with E-state index in [1.165, 1.54) is 0 Å². The Hall–Kier alpha value is -1.39. The standard InChI is InChI=1S/C15H17FN2O.ClH/c1-10-14(16)15(19-11-6-8-17-9-7-11)12-4-2-3-5-13(12)18-10;/h2-5,11,17H,6-9H2,1H3;1H. The normalized spacial score (nSPS) is 15.9. The van der Waals surface area contributed by atoms with Crippen LogP contribution in [-0.2, 0) is 0 Å². The summed E-state index contributed by atoms with van der Waals surface area (Å²) in [7, 11) is 0. The number of aryl methyl sites for hydroxylation is 1. The SMILES string of the molecule is Cc1nc2ccccc2c(OC2CCNCC2)c1F.Cl. The maximum atomic E-state index is 14.3. The van der Waals surface area contributed by atoms with Crippen molar-refractivity contribution in [2.24, 2.45) is 0 Å². The maximum absolute atomic E-state index is 14.3. The van der Waals surface area contributed by atoms with Crippen LogP contribution in [0.1, 0.15) is 18.5 Å². The molecule has 1 saturated heterocycles. The van der Waals surface area contributed by atoms with E-state index in [-0.39, 0.29) is 24.3 Å². The second kappa shape index (κ2) is 6.37.